The van der Waals surface area contributed by atoms with Crippen LogP contribution in [0.15, 0.2) is 47.5 Å². The number of nitrogens with zero attached hydrogens (tertiary/aromatic N) is 4. The van der Waals surface area contributed by atoms with Gasteiger partial charge in [-0.05, 0) is 63.4 Å². The minimum Gasteiger partial charge on any atom is -0.481 e. The van der Waals surface area contributed by atoms with Crippen LogP contribution in [0, 0.1) is 5.92 Å². The Hall–Kier alpha value is -3.13. The number of pyridine rings is 2. The lowest BCUT2D eigenvalue weighted by Crippen LogP contribution is -2.51. The summed E-state index contributed by atoms with van der Waals surface area (Å²) in [7, 11) is 5.55. The molecule has 1 N–H and O–H groups in total. The zero-order valence-electron chi connectivity index (χ0n) is 20.4. The molecule has 34 heavy (non-hydrogen) atoms. The molecular weight excluding hydrogens is 430 g/mol. The number of amides is 1. The Morgan fingerprint density at radius 1 is 1.26 bits per heavy atom. The van der Waals surface area contributed by atoms with Crippen molar-refractivity contribution < 1.29 is 9.53 Å². The first-order valence-electron chi connectivity index (χ1n) is 12.0. The summed E-state index contributed by atoms with van der Waals surface area (Å²) >= 11 is 0. The first-order chi connectivity index (χ1) is 16.4. The molecule has 1 amide bonds. The van der Waals surface area contributed by atoms with Gasteiger partial charge in [0, 0.05) is 62.3 Å². The highest BCUT2D eigenvalue weighted by atomic mass is 16.5. The van der Waals surface area contributed by atoms with Crippen LogP contribution in [0.5, 0.6) is 5.88 Å². The summed E-state index contributed by atoms with van der Waals surface area (Å²) in [4.78, 5) is 39.1. The van der Waals surface area contributed by atoms with Crippen molar-refractivity contribution in [2.45, 2.75) is 31.7 Å². The van der Waals surface area contributed by atoms with Gasteiger partial charge < -0.3 is 24.4 Å². The Labute approximate surface area is 201 Å². The number of carbonyl (C=O) groups is 1. The van der Waals surface area contributed by atoms with Gasteiger partial charge in [0.15, 0.2) is 0 Å². The Bertz CT molecular complexity index is 1080. The maximum absolute atomic E-state index is 13.0. The van der Waals surface area contributed by atoms with Crippen molar-refractivity contribution in [1.82, 2.24) is 19.8 Å². The van der Waals surface area contributed by atoms with E-state index in [1.54, 1.807) is 25.6 Å². The number of methoxy groups -OCH3 is 1. The van der Waals surface area contributed by atoms with Gasteiger partial charge in [-0.2, -0.15) is 0 Å². The maximum Gasteiger partial charge on any atom is 0.271 e. The Balaban J connectivity index is 1.58. The molecule has 0 spiro atoms. The second kappa shape index (κ2) is 10.9. The molecule has 182 valence electrons. The van der Waals surface area contributed by atoms with E-state index in [2.05, 4.69) is 14.9 Å². The van der Waals surface area contributed by atoms with Crippen molar-refractivity contribution in [2.75, 3.05) is 52.3 Å². The number of nitrogens with one attached hydrogen (secondary N) is 1. The number of aromatic amines is 1. The largest absolute Gasteiger partial charge is 0.481 e. The van der Waals surface area contributed by atoms with Gasteiger partial charge in [0.05, 0.1) is 7.11 Å². The van der Waals surface area contributed by atoms with E-state index in [1.807, 2.05) is 48.2 Å². The summed E-state index contributed by atoms with van der Waals surface area (Å²) in [5, 5.41) is 0. The fourth-order valence-electron chi connectivity index (χ4n) is 4.45. The number of piperidine rings is 1. The van der Waals surface area contributed by atoms with Crippen LogP contribution in [0.25, 0.3) is 11.1 Å². The van der Waals surface area contributed by atoms with Crippen LogP contribution in [-0.4, -0.2) is 79.1 Å². The van der Waals surface area contributed by atoms with E-state index in [1.165, 1.54) is 12.8 Å². The molecule has 2 fully saturated rings. The number of likely N-dealkylation sites (tertiary alicyclic amines) is 1. The van der Waals surface area contributed by atoms with Crippen LogP contribution in [0.4, 0.5) is 5.69 Å². The number of anilines is 1. The van der Waals surface area contributed by atoms with Crippen molar-refractivity contribution in [3.63, 3.8) is 0 Å². The molecule has 1 saturated carbocycles. The average molecular weight is 466 g/mol. The van der Waals surface area contributed by atoms with Gasteiger partial charge in [-0.1, -0.05) is 6.08 Å². The second-order valence-corrected chi connectivity index (χ2v) is 9.53. The molecule has 0 aromatic carbocycles. The Kier molecular flexibility index (Phi) is 7.67. The van der Waals surface area contributed by atoms with E-state index in [0.717, 1.165) is 43.6 Å². The summed E-state index contributed by atoms with van der Waals surface area (Å²) in [5.74, 6) is 1.18. The van der Waals surface area contributed by atoms with E-state index in [4.69, 9.17) is 4.74 Å². The Morgan fingerprint density at radius 3 is 2.82 bits per heavy atom. The van der Waals surface area contributed by atoms with Crippen molar-refractivity contribution in [3.8, 4) is 17.0 Å². The normalized spacial score (nSPS) is 18.5. The van der Waals surface area contributed by atoms with Crippen molar-refractivity contribution in [3.05, 3.63) is 53.1 Å². The number of H-pyrrole nitrogens is 1. The molecule has 2 aliphatic rings. The second-order valence-electron chi connectivity index (χ2n) is 9.53. The lowest BCUT2D eigenvalue weighted by Gasteiger charge is -2.40. The molecule has 1 atom stereocenters. The van der Waals surface area contributed by atoms with E-state index in [-0.39, 0.29) is 17.5 Å². The summed E-state index contributed by atoms with van der Waals surface area (Å²) in [6.45, 7) is 2.96. The quantitative estimate of drug-likeness (QED) is 0.574. The van der Waals surface area contributed by atoms with Crippen molar-refractivity contribution in [2.24, 2.45) is 5.92 Å². The molecule has 8 heteroatoms. The molecule has 8 nitrogen and oxygen atoms in total. The van der Waals surface area contributed by atoms with Crippen LogP contribution in [0.3, 0.4) is 0 Å². The van der Waals surface area contributed by atoms with E-state index in [9.17, 15) is 9.59 Å². The predicted octanol–water partition coefficient (Wildman–Crippen LogP) is 2.77. The molecule has 1 saturated heterocycles. The van der Waals surface area contributed by atoms with Crippen LogP contribution in [0.1, 0.15) is 25.7 Å². The first kappa shape index (κ1) is 24.0. The fourth-order valence-corrected chi connectivity index (χ4v) is 4.45. The number of ether oxygens (including phenoxy) is 1. The predicted molar refractivity (Wildman–Crippen MR) is 134 cm³/mol. The fraction of sp³-hybridized carbons (Fsp3) is 0.500. The number of rotatable bonds is 9. The molecule has 2 aromatic rings. The third kappa shape index (κ3) is 6.05. The summed E-state index contributed by atoms with van der Waals surface area (Å²) in [6, 6.07) is 5.85. The van der Waals surface area contributed by atoms with Crippen LogP contribution >= 0.6 is 0 Å². The molecule has 0 unspecified atom stereocenters. The van der Waals surface area contributed by atoms with Gasteiger partial charge in [0.2, 0.25) is 11.8 Å². The minimum absolute atomic E-state index is 0.0458. The third-order valence-electron chi connectivity index (χ3n) is 6.50. The van der Waals surface area contributed by atoms with Crippen molar-refractivity contribution >= 4 is 11.6 Å². The van der Waals surface area contributed by atoms with E-state index < -0.39 is 0 Å². The van der Waals surface area contributed by atoms with Gasteiger partial charge in [0.1, 0.15) is 5.69 Å². The van der Waals surface area contributed by atoms with Gasteiger partial charge in [0.25, 0.3) is 5.56 Å². The van der Waals surface area contributed by atoms with Crippen LogP contribution < -0.4 is 15.2 Å². The summed E-state index contributed by atoms with van der Waals surface area (Å²) in [6.07, 6.45) is 11.3. The highest BCUT2D eigenvalue weighted by Crippen LogP contribution is 2.34. The molecule has 1 aliphatic heterocycles. The zero-order valence-corrected chi connectivity index (χ0v) is 20.4. The SMILES string of the molecule is COc1cc(-c2c[nH]c(=O)c(N(CC3CC3)[C@H]3CCCN(C(=O)C=CCN(C)C)C3)c2)ccn1. The van der Waals surface area contributed by atoms with Crippen LogP contribution in [0.2, 0.25) is 0 Å². The number of carbonyl (C=O) groups excluding carboxylic acids is 1. The standard InChI is InChI=1S/C26H35N5O3/c1-29(2)12-5-7-25(32)30-13-4-6-22(18-30)31(17-19-8-9-19)23-14-21(16-28-26(23)33)20-10-11-27-24(15-20)34-3/h5,7,10-11,14-16,19,22H,4,6,8-9,12-13,17-18H2,1-3H3,(H,28,33)/t22-/m0/s1. The highest BCUT2D eigenvalue weighted by Gasteiger charge is 2.33. The summed E-state index contributed by atoms with van der Waals surface area (Å²) in [5.41, 5.74) is 2.41. The third-order valence-corrected chi connectivity index (χ3v) is 6.50. The highest BCUT2D eigenvalue weighted by molar-refractivity contribution is 5.87. The summed E-state index contributed by atoms with van der Waals surface area (Å²) < 4.78 is 5.27. The number of likely N-dealkylation sites (N-methyl/N-ethyl adjacent to an activating group) is 1. The smallest absolute Gasteiger partial charge is 0.271 e. The molecule has 4 rings (SSSR count). The van der Waals surface area contributed by atoms with Gasteiger partial charge >= 0.3 is 0 Å². The molecule has 0 bridgehead atoms. The molecule has 3 heterocycles. The van der Waals surface area contributed by atoms with E-state index >= 15 is 0 Å². The maximum atomic E-state index is 13.0. The van der Waals surface area contributed by atoms with Crippen molar-refractivity contribution in [1.29, 1.82) is 0 Å². The number of aromatic nitrogens is 2. The van der Waals surface area contributed by atoms with E-state index in [0.29, 0.717) is 24.0 Å². The monoisotopic (exact) mass is 465 g/mol. The molecule has 0 radical (unpaired) electrons. The molecular formula is C26H35N5O3. The topological polar surface area (TPSA) is 81.8 Å². The Morgan fingerprint density at radius 2 is 2.09 bits per heavy atom. The lowest BCUT2D eigenvalue weighted by molar-refractivity contribution is -0.127. The lowest BCUT2D eigenvalue weighted by atomic mass is 10.0. The first-order valence-corrected chi connectivity index (χ1v) is 12.0. The number of hydrogen-bond donors (Lipinski definition) is 1. The van der Waals surface area contributed by atoms with Gasteiger partial charge in [-0.25, -0.2) is 4.98 Å². The van der Waals surface area contributed by atoms with Gasteiger partial charge in [-0.3, -0.25) is 9.59 Å². The molecule has 2 aromatic heterocycles. The molecule has 1 aliphatic carbocycles. The number of hydrogen-bond acceptors (Lipinski definition) is 6. The van der Waals surface area contributed by atoms with Gasteiger partial charge in [-0.15, -0.1) is 0 Å². The van der Waals surface area contributed by atoms with Crippen LogP contribution in [-0.2, 0) is 4.79 Å². The zero-order chi connectivity index (χ0) is 24.1. The minimum atomic E-state index is -0.0975. The average Bonchev–Trinajstić information content (AvgIpc) is 3.67.